The van der Waals surface area contributed by atoms with Crippen LogP contribution >= 0.6 is 39.1 Å². The van der Waals surface area contributed by atoms with Gasteiger partial charge in [-0.3, -0.25) is 0 Å². The highest BCUT2D eigenvalue weighted by atomic mass is 79.9. The number of nitrogens with two attached hydrogens (primary N) is 1. The Kier molecular flexibility index (Phi) is 4.69. The van der Waals surface area contributed by atoms with E-state index in [2.05, 4.69) is 26.1 Å². The molecule has 0 saturated carbocycles. The lowest BCUT2D eigenvalue weighted by atomic mass is 10.2. The molecule has 8 heteroatoms. The molecular weight excluding hydrogens is 369 g/mol. The Bertz CT molecular complexity index is 680. The van der Waals surface area contributed by atoms with Gasteiger partial charge in [-0.15, -0.1) is 0 Å². The Balaban J connectivity index is 2.33. The van der Waals surface area contributed by atoms with Gasteiger partial charge in [0.15, 0.2) is 5.84 Å². The second kappa shape index (κ2) is 6.30. The first-order valence-corrected chi connectivity index (χ1v) is 6.82. The molecule has 2 rings (SSSR count). The predicted octanol–water partition coefficient (Wildman–Crippen LogP) is 4.04. The third-order valence-corrected chi connectivity index (χ3v) is 3.82. The smallest absolute Gasteiger partial charge is 0.219 e. The monoisotopic (exact) mass is 375 g/mol. The van der Waals surface area contributed by atoms with E-state index >= 15 is 0 Å². The van der Waals surface area contributed by atoms with Crippen LogP contribution < -0.4 is 10.5 Å². The number of hydrogen-bond donors (Lipinski definition) is 2. The van der Waals surface area contributed by atoms with E-state index in [4.69, 9.17) is 38.9 Å². The van der Waals surface area contributed by atoms with Gasteiger partial charge >= 0.3 is 0 Å². The third-order valence-electron chi connectivity index (χ3n) is 2.33. The first-order valence-electron chi connectivity index (χ1n) is 5.27. The maximum absolute atomic E-state index is 8.64. The first kappa shape index (κ1) is 14.9. The zero-order chi connectivity index (χ0) is 14.7. The summed E-state index contributed by atoms with van der Waals surface area (Å²) in [5, 5.41) is 12.4. The minimum atomic E-state index is -0.0443. The number of halogens is 3. The molecule has 104 valence electrons. The lowest BCUT2D eigenvalue weighted by molar-refractivity contribution is 0.318. The first-order chi connectivity index (χ1) is 9.51. The molecule has 1 aromatic heterocycles. The Morgan fingerprint density at radius 2 is 2.05 bits per heavy atom. The summed E-state index contributed by atoms with van der Waals surface area (Å²) >= 11 is 15.3. The summed E-state index contributed by atoms with van der Waals surface area (Å²) < 4.78 is 6.20. The van der Waals surface area contributed by atoms with Gasteiger partial charge in [0, 0.05) is 28.4 Å². The molecule has 0 atom stereocenters. The van der Waals surface area contributed by atoms with Gasteiger partial charge in [0.05, 0.1) is 10.0 Å². The summed E-state index contributed by atoms with van der Waals surface area (Å²) in [6, 6.07) is 6.28. The minimum absolute atomic E-state index is 0.0443. The lowest BCUT2D eigenvalue weighted by Crippen LogP contribution is -2.13. The van der Waals surface area contributed by atoms with Gasteiger partial charge in [0.25, 0.3) is 0 Å². The SMILES string of the molecule is N/C(=N/O)c1ccnc(Oc2cc(Cl)c(Br)cc2Cl)c1. The van der Waals surface area contributed by atoms with E-state index in [0.29, 0.717) is 25.8 Å². The van der Waals surface area contributed by atoms with Crippen molar-refractivity contribution in [2.75, 3.05) is 0 Å². The summed E-state index contributed by atoms with van der Waals surface area (Å²) in [5.74, 6) is 0.551. The van der Waals surface area contributed by atoms with E-state index in [1.807, 2.05) is 0 Å². The third kappa shape index (κ3) is 3.33. The van der Waals surface area contributed by atoms with E-state index in [-0.39, 0.29) is 11.7 Å². The quantitative estimate of drug-likeness (QED) is 0.278. The summed E-state index contributed by atoms with van der Waals surface area (Å²) in [5.41, 5.74) is 5.96. The highest BCUT2D eigenvalue weighted by molar-refractivity contribution is 9.10. The van der Waals surface area contributed by atoms with Crippen molar-refractivity contribution >= 4 is 45.0 Å². The number of amidine groups is 1. The van der Waals surface area contributed by atoms with Gasteiger partial charge in [-0.25, -0.2) is 4.98 Å². The fourth-order valence-corrected chi connectivity index (χ4v) is 2.21. The van der Waals surface area contributed by atoms with Crippen molar-refractivity contribution in [3.63, 3.8) is 0 Å². The van der Waals surface area contributed by atoms with Crippen molar-refractivity contribution in [3.8, 4) is 11.6 Å². The van der Waals surface area contributed by atoms with Crippen molar-refractivity contribution in [1.29, 1.82) is 0 Å². The van der Waals surface area contributed by atoms with Gasteiger partial charge < -0.3 is 15.7 Å². The summed E-state index contributed by atoms with van der Waals surface area (Å²) in [4.78, 5) is 4.02. The number of hydrogen-bond acceptors (Lipinski definition) is 4. The molecule has 0 aliphatic carbocycles. The van der Waals surface area contributed by atoms with Crippen LogP contribution in [0.1, 0.15) is 5.56 Å². The summed E-state index contributed by atoms with van der Waals surface area (Å²) in [6.07, 6.45) is 1.47. The highest BCUT2D eigenvalue weighted by Gasteiger charge is 2.09. The zero-order valence-corrected chi connectivity index (χ0v) is 12.9. The molecule has 0 aliphatic rings. The molecule has 20 heavy (non-hydrogen) atoms. The van der Waals surface area contributed by atoms with Crippen molar-refractivity contribution < 1.29 is 9.94 Å². The number of rotatable bonds is 3. The molecule has 3 N–H and O–H groups in total. The van der Waals surface area contributed by atoms with Crippen LogP contribution in [0.3, 0.4) is 0 Å². The number of ether oxygens (including phenoxy) is 1. The van der Waals surface area contributed by atoms with Gasteiger partial charge in [-0.2, -0.15) is 0 Å². The minimum Gasteiger partial charge on any atom is -0.437 e. The maximum Gasteiger partial charge on any atom is 0.219 e. The molecule has 0 unspecified atom stereocenters. The second-order valence-corrected chi connectivity index (χ2v) is 5.34. The van der Waals surface area contributed by atoms with Crippen LogP contribution in [0, 0.1) is 0 Å². The van der Waals surface area contributed by atoms with Crippen LogP contribution in [0.5, 0.6) is 11.6 Å². The molecule has 0 saturated heterocycles. The molecule has 5 nitrogen and oxygen atoms in total. The molecule has 1 aromatic carbocycles. The van der Waals surface area contributed by atoms with Crippen LogP contribution in [0.15, 0.2) is 40.1 Å². The number of pyridine rings is 1. The molecule has 0 amide bonds. The second-order valence-electron chi connectivity index (χ2n) is 3.67. The van der Waals surface area contributed by atoms with Crippen molar-refractivity contribution in [2.45, 2.75) is 0 Å². The number of aromatic nitrogens is 1. The van der Waals surface area contributed by atoms with Gasteiger partial charge in [-0.05, 0) is 28.1 Å². The largest absolute Gasteiger partial charge is 0.437 e. The van der Waals surface area contributed by atoms with Crippen LogP contribution in [0.25, 0.3) is 0 Å². The molecule has 0 spiro atoms. The van der Waals surface area contributed by atoms with E-state index in [9.17, 15) is 0 Å². The molecule has 2 aromatic rings. The standard InChI is InChI=1S/C12H8BrCl2N3O2/c13-7-4-9(15)10(5-8(7)14)20-11-3-6(1-2-17-11)12(16)18-19/h1-5,19H,(H2,16,18). The molecule has 0 aliphatic heterocycles. The maximum atomic E-state index is 8.64. The topological polar surface area (TPSA) is 80.7 Å². The van der Waals surface area contributed by atoms with Crippen molar-refractivity contribution in [2.24, 2.45) is 10.9 Å². The van der Waals surface area contributed by atoms with Crippen LogP contribution in [-0.2, 0) is 0 Å². The van der Waals surface area contributed by atoms with Gasteiger partial charge in [-0.1, -0.05) is 28.4 Å². The normalized spacial score (nSPS) is 11.4. The fourth-order valence-electron chi connectivity index (χ4n) is 1.38. The molecule has 0 bridgehead atoms. The molecule has 0 radical (unpaired) electrons. The van der Waals surface area contributed by atoms with Gasteiger partial charge in [0.1, 0.15) is 5.75 Å². The van der Waals surface area contributed by atoms with Crippen LogP contribution in [0.4, 0.5) is 0 Å². The lowest BCUT2D eigenvalue weighted by Gasteiger charge is -2.09. The molecule has 1 heterocycles. The summed E-state index contributed by atoms with van der Waals surface area (Å²) in [7, 11) is 0. The van der Waals surface area contributed by atoms with E-state index in [0.717, 1.165) is 0 Å². The van der Waals surface area contributed by atoms with E-state index in [1.165, 1.54) is 12.3 Å². The van der Waals surface area contributed by atoms with Gasteiger partial charge in [0.2, 0.25) is 5.88 Å². The van der Waals surface area contributed by atoms with Crippen LogP contribution in [-0.4, -0.2) is 16.0 Å². The molecular formula is C12H8BrCl2N3O2. The Labute approximate surface area is 133 Å². The zero-order valence-electron chi connectivity index (χ0n) is 9.85. The molecule has 0 fully saturated rings. The Morgan fingerprint density at radius 3 is 2.75 bits per heavy atom. The highest BCUT2D eigenvalue weighted by Crippen LogP contribution is 2.36. The number of nitrogens with zero attached hydrogens (tertiary/aromatic N) is 2. The predicted molar refractivity (Wildman–Crippen MR) is 81.0 cm³/mol. The number of oxime groups is 1. The number of benzene rings is 1. The average molecular weight is 377 g/mol. The van der Waals surface area contributed by atoms with E-state index in [1.54, 1.807) is 18.2 Å². The van der Waals surface area contributed by atoms with Crippen LogP contribution in [0.2, 0.25) is 10.0 Å². The average Bonchev–Trinajstić information content (AvgIpc) is 2.44. The van der Waals surface area contributed by atoms with E-state index < -0.39 is 0 Å². The summed E-state index contributed by atoms with van der Waals surface area (Å²) in [6.45, 7) is 0. The van der Waals surface area contributed by atoms with Crippen molar-refractivity contribution in [3.05, 3.63) is 50.5 Å². The van der Waals surface area contributed by atoms with Crippen molar-refractivity contribution in [1.82, 2.24) is 4.98 Å². The Morgan fingerprint density at radius 1 is 1.30 bits per heavy atom. The Hall–Kier alpha value is -1.50. The fraction of sp³-hybridized carbons (Fsp3) is 0.